The number of hydrogen-bond donors (Lipinski definition) is 1. The number of nitrogens with zero attached hydrogens (tertiary/aromatic N) is 2. The van der Waals surface area contributed by atoms with Gasteiger partial charge in [0.2, 0.25) is 0 Å². The van der Waals surface area contributed by atoms with Crippen molar-refractivity contribution in [3.05, 3.63) is 54.4 Å². The van der Waals surface area contributed by atoms with Crippen LogP contribution in [0, 0.1) is 0 Å². The number of carbonyl (C=O) groups is 1. The fourth-order valence-electron chi connectivity index (χ4n) is 2.78. The molecule has 0 fully saturated rings. The molecule has 3 rings (SSSR count). The number of aromatic nitrogens is 2. The number of methoxy groups -OCH3 is 1. The highest BCUT2D eigenvalue weighted by Crippen LogP contribution is 2.21. The van der Waals surface area contributed by atoms with Crippen molar-refractivity contribution >= 4 is 16.9 Å². The van der Waals surface area contributed by atoms with Crippen molar-refractivity contribution in [3.8, 4) is 11.4 Å². The Morgan fingerprint density at radius 2 is 1.96 bits per heavy atom. The van der Waals surface area contributed by atoms with Crippen molar-refractivity contribution in [1.82, 2.24) is 14.9 Å². The van der Waals surface area contributed by atoms with E-state index in [9.17, 15) is 4.79 Å². The normalized spacial score (nSPS) is 10.8. The second kappa shape index (κ2) is 7.83. The Morgan fingerprint density at radius 3 is 2.68 bits per heavy atom. The third-order valence-corrected chi connectivity index (χ3v) is 4.23. The van der Waals surface area contributed by atoms with Crippen molar-refractivity contribution in [2.75, 3.05) is 13.7 Å². The lowest BCUT2D eigenvalue weighted by atomic mass is 10.1. The van der Waals surface area contributed by atoms with Crippen LogP contribution in [0.2, 0.25) is 0 Å². The Balaban J connectivity index is 1.79. The van der Waals surface area contributed by atoms with E-state index in [0.29, 0.717) is 12.1 Å². The molecule has 0 bridgehead atoms. The van der Waals surface area contributed by atoms with Gasteiger partial charge < -0.3 is 10.1 Å². The number of benzene rings is 2. The molecule has 5 heteroatoms. The molecule has 3 aromatic rings. The lowest BCUT2D eigenvalue weighted by Crippen LogP contribution is -2.24. The van der Waals surface area contributed by atoms with E-state index >= 15 is 0 Å². The Morgan fingerprint density at radius 1 is 1.16 bits per heavy atom. The molecule has 0 aliphatic carbocycles. The van der Waals surface area contributed by atoms with Gasteiger partial charge in [-0.25, -0.2) is 4.98 Å². The number of unbranched alkanes of at least 4 members (excludes halogenated alkanes) is 2. The van der Waals surface area contributed by atoms with Crippen molar-refractivity contribution < 1.29 is 9.53 Å². The van der Waals surface area contributed by atoms with Gasteiger partial charge in [0.15, 0.2) is 0 Å². The summed E-state index contributed by atoms with van der Waals surface area (Å²) < 4.78 is 7.19. The number of nitrogens with one attached hydrogen (secondary N) is 1. The van der Waals surface area contributed by atoms with Crippen LogP contribution in [0.25, 0.3) is 16.7 Å². The van der Waals surface area contributed by atoms with Gasteiger partial charge in [0.25, 0.3) is 5.91 Å². The van der Waals surface area contributed by atoms with E-state index in [1.165, 1.54) is 0 Å². The van der Waals surface area contributed by atoms with Crippen LogP contribution in [0.1, 0.15) is 36.5 Å². The van der Waals surface area contributed by atoms with Crippen LogP contribution in [-0.4, -0.2) is 29.1 Å². The number of hydrogen-bond acceptors (Lipinski definition) is 3. The molecular weight excluding hydrogens is 314 g/mol. The maximum absolute atomic E-state index is 12.2. The van der Waals surface area contributed by atoms with Crippen molar-refractivity contribution in [1.29, 1.82) is 0 Å². The third kappa shape index (κ3) is 3.82. The monoisotopic (exact) mass is 337 g/mol. The first kappa shape index (κ1) is 17.0. The lowest BCUT2D eigenvalue weighted by molar-refractivity contribution is 0.0953. The number of amides is 1. The summed E-state index contributed by atoms with van der Waals surface area (Å²) in [5, 5.41) is 2.96. The average molecular weight is 337 g/mol. The van der Waals surface area contributed by atoms with Gasteiger partial charge in [0.05, 0.1) is 18.1 Å². The van der Waals surface area contributed by atoms with E-state index in [1.54, 1.807) is 13.4 Å². The lowest BCUT2D eigenvalue weighted by Gasteiger charge is -2.07. The maximum Gasteiger partial charge on any atom is 0.251 e. The molecule has 0 unspecified atom stereocenters. The van der Waals surface area contributed by atoms with E-state index in [1.807, 2.05) is 47.0 Å². The SMILES string of the molecule is CCCCCNC(=O)c1ccc2c(c1)ncn2-c1ccc(OC)cc1. The number of carbonyl (C=O) groups excluding carboxylic acids is 1. The van der Waals surface area contributed by atoms with Crippen molar-refractivity contribution in [2.45, 2.75) is 26.2 Å². The summed E-state index contributed by atoms with van der Waals surface area (Å²) in [7, 11) is 1.65. The standard InChI is InChI=1S/C20H23N3O2/c1-3-4-5-12-21-20(24)15-6-11-19-18(13-15)22-14-23(19)16-7-9-17(25-2)10-8-16/h6-11,13-14H,3-5,12H2,1-2H3,(H,21,24). The highest BCUT2D eigenvalue weighted by atomic mass is 16.5. The molecular formula is C20H23N3O2. The predicted molar refractivity (Wildman–Crippen MR) is 99.5 cm³/mol. The van der Waals surface area contributed by atoms with Crippen LogP contribution in [0.15, 0.2) is 48.8 Å². The van der Waals surface area contributed by atoms with Crippen LogP contribution in [0.4, 0.5) is 0 Å². The van der Waals surface area contributed by atoms with Crippen LogP contribution in [0.3, 0.4) is 0 Å². The van der Waals surface area contributed by atoms with Crippen molar-refractivity contribution in [3.63, 3.8) is 0 Å². The van der Waals surface area contributed by atoms with Crippen LogP contribution in [-0.2, 0) is 0 Å². The van der Waals surface area contributed by atoms with E-state index < -0.39 is 0 Å². The van der Waals surface area contributed by atoms with E-state index in [2.05, 4.69) is 17.2 Å². The molecule has 0 saturated carbocycles. The van der Waals surface area contributed by atoms with Gasteiger partial charge in [0, 0.05) is 17.8 Å². The minimum absolute atomic E-state index is 0.0444. The Kier molecular flexibility index (Phi) is 5.33. The van der Waals surface area contributed by atoms with Crippen LogP contribution >= 0.6 is 0 Å². The average Bonchev–Trinajstić information content (AvgIpc) is 3.08. The molecule has 1 N–H and O–H groups in total. The molecule has 1 amide bonds. The van der Waals surface area contributed by atoms with Crippen LogP contribution < -0.4 is 10.1 Å². The number of imidazole rings is 1. The van der Waals surface area contributed by atoms with Gasteiger partial charge in [-0.15, -0.1) is 0 Å². The fraction of sp³-hybridized carbons (Fsp3) is 0.300. The van der Waals surface area contributed by atoms with Gasteiger partial charge in [-0.1, -0.05) is 19.8 Å². The van der Waals surface area contributed by atoms with Gasteiger partial charge in [-0.2, -0.15) is 0 Å². The number of rotatable bonds is 7. The summed E-state index contributed by atoms with van der Waals surface area (Å²) in [5.41, 5.74) is 3.41. The number of ether oxygens (including phenoxy) is 1. The molecule has 0 spiro atoms. The molecule has 0 atom stereocenters. The maximum atomic E-state index is 12.2. The summed E-state index contributed by atoms with van der Waals surface area (Å²) in [4.78, 5) is 16.7. The van der Waals surface area contributed by atoms with Crippen molar-refractivity contribution in [2.24, 2.45) is 0 Å². The second-order valence-corrected chi connectivity index (χ2v) is 5.98. The van der Waals surface area contributed by atoms with Gasteiger partial charge in [-0.05, 0) is 48.9 Å². The topological polar surface area (TPSA) is 56.2 Å². The molecule has 0 saturated heterocycles. The molecule has 1 aromatic heterocycles. The zero-order valence-corrected chi connectivity index (χ0v) is 14.7. The molecule has 25 heavy (non-hydrogen) atoms. The predicted octanol–water partition coefficient (Wildman–Crippen LogP) is 3.95. The summed E-state index contributed by atoms with van der Waals surface area (Å²) in [5.74, 6) is 0.771. The quantitative estimate of drug-likeness (QED) is 0.664. The molecule has 1 heterocycles. The van der Waals surface area contributed by atoms with Gasteiger partial charge >= 0.3 is 0 Å². The highest BCUT2D eigenvalue weighted by molar-refractivity contribution is 5.97. The van der Waals surface area contributed by atoms with E-state index in [0.717, 1.165) is 41.7 Å². The fourth-order valence-corrected chi connectivity index (χ4v) is 2.78. The highest BCUT2D eigenvalue weighted by Gasteiger charge is 2.10. The second-order valence-electron chi connectivity index (χ2n) is 5.98. The molecule has 5 nitrogen and oxygen atoms in total. The summed E-state index contributed by atoms with van der Waals surface area (Å²) >= 11 is 0. The largest absolute Gasteiger partial charge is 0.497 e. The zero-order chi connectivity index (χ0) is 17.6. The number of fused-ring (bicyclic) bond motifs is 1. The first-order valence-corrected chi connectivity index (χ1v) is 8.62. The molecule has 0 aliphatic rings. The van der Waals surface area contributed by atoms with Gasteiger partial charge in [-0.3, -0.25) is 9.36 Å². The minimum Gasteiger partial charge on any atom is -0.497 e. The zero-order valence-electron chi connectivity index (χ0n) is 14.7. The van der Waals surface area contributed by atoms with E-state index in [-0.39, 0.29) is 5.91 Å². The van der Waals surface area contributed by atoms with E-state index in [4.69, 9.17) is 4.74 Å². The summed E-state index contributed by atoms with van der Waals surface area (Å²) in [6.07, 6.45) is 5.06. The Bertz CT molecular complexity index is 853. The minimum atomic E-state index is -0.0444. The smallest absolute Gasteiger partial charge is 0.251 e. The third-order valence-electron chi connectivity index (χ3n) is 4.23. The molecule has 130 valence electrons. The summed E-state index contributed by atoms with van der Waals surface area (Å²) in [6, 6.07) is 13.4. The Labute approximate surface area is 147 Å². The molecule has 0 radical (unpaired) electrons. The summed E-state index contributed by atoms with van der Waals surface area (Å²) in [6.45, 7) is 2.86. The first-order chi connectivity index (χ1) is 12.2. The first-order valence-electron chi connectivity index (χ1n) is 8.62. The van der Waals surface area contributed by atoms with Crippen LogP contribution in [0.5, 0.6) is 5.75 Å². The molecule has 0 aliphatic heterocycles. The van der Waals surface area contributed by atoms with Gasteiger partial charge in [0.1, 0.15) is 12.1 Å². The molecule has 2 aromatic carbocycles. The Hall–Kier alpha value is -2.82.